The van der Waals surface area contributed by atoms with Crippen molar-refractivity contribution in [3.8, 4) is 0 Å². The molecule has 6 atom stereocenters. The predicted molar refractivity (Wildman–Crippen MR) is 107 cm³/mol. The van der Waals surface area contributed by atoms with E-state index in [1.165, 1.54) is 0 Å². The molecular formula is C23H24N2O5. The number of amides is 3. The molecular weight excluding hydrogens is 384 g/mol. The van der Waals surface area contributed by atoms with Crippen LogP contribution in [0, 0.1) is 35.5 Å². The minimum absolute atomic E-state index is 0.148. The van der Waals surface area contributed by atoms with E-state index >= 15 is 0 Å². The zero-order valence-corrected chi connectivity index (χ0v) is 16.7. The van der Waals surface area contributed by atoms with Crippen molar-refractivity contribution in [2.24, 2.45) is 35.5 Å². The molecule has 7 nitrogen and oxygen atoms in total. The number of carbonyl (C=O) groups excluding carboxylic acids is 4. The van der Waals surface area contributed by atoms with Crippen LogP contribution in [0.15, 0.2) is 36.4 Å². The molecule has 30 heavy (non-hydrogen) atoms. The molecule has 0 unspecified atom stereocenters. The van der Waals surface area contributed by atoms with Crippen LogP contribution in [-0.4, -0.2) is 41.7 Å². The average Bonchev–Trinajstić information content (AvgIpc) is 3.53. The second-order valence-electron chi connectivity index (χ2n) is 8.68. The molecule has 2 bridgehead atoms. The molecule has 1 heterocycles. The van der Waals surface area contributed by atoms with Gasteiger partial charge >= 0.3 is 5.97 Å². The van der Waals surface area contributed by atoms with E-state index in [9.17, 15) is 19.2 Å². The van der Waals surface area contributed by atoms with Gasteiger partial charge in [0.15, 0.2) is 0 Å². The van der Waals surface area contributed by atoms with E-state index in [1.807, 2.05) is 6.92 Å². The fourth-order valence-corrected chi connectivity index (χ4v) is 5.49. The van der Waals surface area contributed by atoms with Crippen LogP contribution < -0.4 is 5.32 Å². The van der Waals surface area contributed by atoms with Gasteiger partial charge in [0.25, 0.3) is 0 Å². The summed E-state index contributed by atoms with van der Waals surface area (Å²) in [5.74, 6) is -0.477. The number of hydrogen-bond acceptors (Lipinski definition) is 5. The number of nitrogens with zero attached hydrogens (tertiary/aromatic N) is 1. The number of ether oxygens (including phenoxy) is 1. The van der Waals surface area contributed by atoms with Crippen molar-refractivity contribution in [1.82, 2.24) is 4.90 Å². The van der Waals surface area contributed by atoms with Crippen LogP contribution in [0.25, 0.3) is 0 Å². The van der Waals surface area contributed by atoms with Crippen molar-refractivity contribution < 1.29 is 23.9 Å². The number of rotatable bonds is 6. The summed E-state index contributed by atoms with van der Waals surface area (Å²) in [5.41, 5.74) is 0.892. The number of imide groups is 1. The van der Waals surface area contributed by atoms with Crippen LogP contribution in [-0.2, 0) is 19.1 Å². The van der Waals surface area contributed by atoms with E-state index in [2.05, 4.69) is 17.5 Å². The van der Waals surface area contributed by atoms with Crippen LogP contribution in [0.4, 0.5) is 5.69 Å². The van der Waals surface area contributed by atoms with Crippen molar-refractivity contribution in [2.75, 3.05) is 18.5 Å². The Morgan fingerprint density at radius 1 is 1.03 bits per heavy atom. The van der Waals surface area contributed by atoms with Crippen LogP contribution >= 0.6 is 0 Å². The quantitative estimate of drug-likeness (QED) is 0.443. The fourth-order valence-electron chi connectivity index (χ4n) is 5.49. The van der Waals surface area contributed by atoms with E-state index < -0.39 is 11.9 Å². The second-order valence-corrected chi connectivity index (χ2v) is 8.68. The highest BCUT2D eigenvalue weighted by atomic mass is 16.5. The first kappa shape index (κ1) is 19.0. The van der Waals surface area contributed by atoms with Crippen LogP contribution in [0.1, 0.15) is 30.1 Å². The smallest absolute Gasteiger partial charge is 0.338 e. The normalized spacial score (nSPS) is 32.6. The standard InChI is InChI=1S/C23H24N2O5/c1-2-9-30-23(29)12-3-5-13(6-4-12)24-18(26)11-25-21(27)19-14-7-8-15(17-10-16(14)17)20(19)22(25)28/h3-8,14-17,19-20H,2,9-11H2,1H3,(H,24,26)/t14-,15+,16-,17-,19+,20+/m1/s1. The number of carbonyl (C=O) groups is 4. The molecule has 0 spiro atoms. The van der Waals surface area contributed by atoms with E-state index in [0.717, 1.165) is 17.7 Å². The average molecular weight is 408 g/mol. The van der Waals surface area contributed by atoms with E-state index in [-0.39, 0.29) is 42.0 Å². The Hall–Kier alpha value is -2.96. The molecule has 0 radical (unpaired) electrons. The second kappa shape index (κ2) is 7.07. The monoisotopic (exact) mass is 408 g/mol. The first-order valence-electron chi connectivity index (χ1n) is 10.6. The maximum atomic E-state index is 12.9. The first-order chi connectivity index (χ1) is 14.5. The van der Waals surface area contributed by atoms with E-state index in [4.69, 9.17) is 4.74 Å². The lowest BCUT2D eigenvalue weighted by Gasteiger charge is -2.37. The lowest BCUT2D eigenvalue weighted by atomic mass is 9.63. The summed E-state index contributed by atoms with van der Waals surface area (Å²) in [6, 6.07) is 6.35. The minimum atomic E-state index is -0.429. The third-order valence-electron chi connectivity index (χ3n) is 6.90. The minimum Gasteiger partial charge on any atom is -0.462 e. The molecule has 1 saturated heterocycles. The molecule has 1 N–H and O–H groups in total. The fraction of sp³-hybridized carbons (Fsp3) is 0.478. The summed E-state index contributed by atoms with van der Waals surface area (Å²) in [6.07, 6.45) is 6.08. The Morgan fingerprint density at radius 3 is 2.20 bits per heavy atom. The molecule has 5 aliphatic rings. The van der Waals surface area contributed by atoms with Gasteiger partial charge in [0.05, 0.1) is 24.0 Å². The summed E-state index contributed by atoms with van der Waals surface area (Å²) in [6.45, 7) is 2.00. The molecule has 3 amide bonds. The van der Waals surface area contributed by atoms with Gasteiger partial charge in [0.1, 0.15) is 6.54 Å². The Balaban J connectivity index is 1.22. The number of esters is 1. The number of allylic oxidation sites excluding steroid dienone is 2. The summed E-state index contributed by atoms with van der Waals surface area (Å²) in [5, 5.41) is 2.70. The Morgan fingerprint density at radius 2 is 1.63 bits per heavy atom. The number of likely N-dealkylation sites (tertiary alicyclic amines) is 1. The summed E-state index contributed by atoms with van der Waals surface area (Å²) in [4.78, 5) is 51.4. The van der Waals surface area contributed by atoms with Crippen molar-refractivity contribution >= 4 is 29.4 Å². The van der Waals surface area contributed by atoms with Crippen LogP contribution in [0.2, 0.25) is 0 Å². The molecule has 7 heteroatoms. The van der Waals surface area contributed by atoms with Gasteiger partial charge in [-0.2, -0.15) is 0 Å². The Bertz CT molecular complexity index is 917. The molecule has 3 fully saturated rings. The van der Waals surface area contributed by atoms with Crippen molar-refractivity contribution in [2.45, 2.75) is 19.8 Å². The first-order valence-corrected chi connectivity index (χ1v) is 10.6. The predicted octanol–water partition coefficient (Wildman–Crippen LogP) is 2.25. The van der Waals surface area contributed by atoms with E-state index in [0.29, 0.717) is 29.7 Å². The van der Waals surface area contributed by atoms with Crippen molar-refractivity contribution in [1.29, 1.82) is 0 Å². The summed E-state index contributed by atoms with van der Waals surface area (Å²) in [7, 11) is 0. The van der Waals surface area contributed by atoms with Gasteiger partial charge in [-0.1, -0.05) is 19.1 Å². The largest absolute Gasteiger partial charge is 0.462 e. The van der Waals surface area contributed by atoms with Gasteiger partial charge in [-0.3, -0.25) is 19.3 Å². The molecule has 2 saturated carbocycles. The van der Waals surface area contributed by atoms with Gasteiger partial charge < -0.3 is 10.1 Å². The molecule has 1 aromatic carbocycles. The number of hydrogen-bond donors (Lipinski definition) is 1. The van der Waals surface area contributed by atoms with E-state index in [1.54, 1.807) is 24.3 Å². The lowest BCUT2D eigenvalue weighted by Crippen LogP contribution is -2.40. The SMILES string of the molecule is CCCOC(=O)c1ccc(NC(=O)CN2C(=O)[C@H]3[C@@H]4C=C[C@@H]([C@H]5C[C@H]45)[C@@H]3C2=O)cc1. The molecule has 4 aliphatic carbocycles. The van der Waals surface area contributed by atoms with Crippen LogP contribution in [0.5, 0.6) is 0 Å². The number of anilines is 1. The van der Waals surface area contributed by atoms with Crippen molar-refractivity contribution in [3.05, 3.63) is 42.0 Å². The van der Waals surface area contributed by atoms with Crippen LogP contribution in [0.3, 0.4) is 0 Å². The zero-order chi connectivity index (χ0) is 21.0. The highest BCUT2D eigenvalue weighted by Gasteiger charge is 2.67. The molecule has 156 valence electrons. The maximum Gasteiger partial charge on any atom is 0.338 e. The molecule has 1 aromatic rings. The van der Waals surface area contributed by atoms with Gasteiger partial charge in [0.2, 0.25) is 17.7 Å². The maximum absolute atomic E-state index is 12.9. The van der Waals surface area contributed by atoms with Gasteiger partial charge in [-0.15, -0.1) is 0 Å². The van der Waals surface area contributed by atoms with Gasteiger partial charge in [0, 0.05) is 5.69 Å². The summed E-state index contributed by atoms with van der Waals surface area (Å²) < 4.78 is 5.08. The number of benzene rings is 1. The Labute approximate surface area is 174 Å². The molecule has 1 aliphatic heterocycles. The lowest BCUT2D eigenvalue weighted by molar-refractivity contribution is -0.142. The third kappa shape index (κ3) is 2.95. The van der Waals surface area contributed by atoms with Gasteiger partial charge in [-0.25, -0.2) is 4.79 Å². The van der Waals surface area contributed by atoms with Crippen molar-refractivity contribution in [3.63, 3.8) is 0 Å². The molecule has 0 aromatic heterocycles. The Kier molecular flexibility index (Phi) is 4.49. The molecule has 6 rings (SSSR count). The summed E-state index contributed by atoms with van der Waals surface area (Å²) >= 11 is 0. The topological polar surface area (TPSA) is 92.8 Å². The van der Waals surface area contributed by atoms with Gasteiger partial charge in [-0.05, 0) is 60.8 Å². The zero-order valence-electron chi connectivity index (χ0n) is 16.7. The number of nitrogens with one attached hydrogen (secondary N) is 1. The highest BCUT2D eigenvalue weighted by Crippen LogP contribution is 2.65. The highest BCUT2D eigenvalue weighted by molar-refractivity contribution is 6.09. The third-order valence-corrected chi connectivity index (χ3v) is 6.90.